The van der Waals surface area contributed by atoms with Crippen molar-refractivity contribution in [2.45, 2.75) is 32.5 Å². The summed E-state index contributed by atoms with van der Waals surface area (Å²) in [5, 5.41) is 8.95. The Morgan fingerprint density at radius 3 is 2.25 bits per heavy atom. The van der Waals surface area contributed by atoms with E-state index in [2.05, 4.69) is 6.07 Å². The third-order valence-electron chi connectivity index (χ3n) is 5.40. The highest BCUT2D eigenvalue weighted by atomic mass is 32.2. The van der Waals surface area contributed by atoms with Gasteiger partial charge in [-0.25, -0.2) is 13.2 Å². The van der Waals surface area contributed by atoms with Gasteiger partial charge in [0.15, 0.2) is 9.84 Å². The lowest BCUT2D eigenvalue weighted by atomic mass is 10.1. The smallest absolute Gasteiger partial charge is 0.314 e. The second-order valence-corrected chi connectivity index (χ2v) is 9.80. The van der Waals surface area contributed by atoms with Crippen molar-refractivity contribution >= 4 is 21.6 Å². The molecule has 0 radical (unpaired) electrons. The van der Waals surface area contributed by atoms with E-state index in [0.29, 0.717) is 12.1 Å². The van der Waals surface area contributed by atoms with E-state index in [1.165, 1.54) is 0 Å². The van der Waals surface area contributed by atoms with Crippen LogP contribution in [-0.2, 0) is 16.4 Å². The summed E-state index contributed by atoms with van der Waals surface area (Å²) in [4.78, 5) is 16.6. The zero-order valence-corrected chi connectivity index (χ0v) is 16.6. The molecule has 0 aliphatic carbocycles. The molecular weight excluding hydrogens is 374 g/mol. The molecule has 0 saturated carbocycles. The number of aryl methyl sites for hydroxylation is 2. The van der Waals surface area contributed by atoms with Crippen molar-refractivity contribution in [3.05, 3.63) is 64.7 Å². The molecule has 2 saturated heterocycles. The summed E-state index contributed by atoms with van der Waals surface area (Å²) in [5.41, 5.74) is 4.24. The van der Waals surface area contributed by atoms with Crippen LogP contribution in [0.3, 0.4) is 0 Å². The summed E-state index contributed by atoms with van der Waals surface area (Å²) >= 11 is 0. The van der Waals surface area contributed by atoms with Gasteiger partial charge in [0.05, 0.1) is 35.2 Å². The van der Waals surface area contributed by atoms with Crippen molar-refractivity contribution < 1.29 is 13.2 Å². The lowest BCUT2D eigenvalue weighted by Gasteiger charge is -2.23. The summed E-state index contributed by atoms with van der Waals surface area (Å²) in [6.07, 6.45) is 0. The molecule has 2 atom stereocenters. The van der Waals surface area contributed by atoms with Crippen LogP contribution in [0.1, 0.15) is 22.3 Å². The number of amides is 2. The number of fused-ring (bicyclic) bond motifs is 1. The van der Waals surface area contributed by atoms with Gasteiger partial charge in [-0.3, -0.25) is 4.90 Å². The number of carbonyl (C=O) groups is 1. The van der Waals surface area contributed by atoms with Gasteiger partial charge in [-0.1, -0.05) is 18.2 Å². The molecular formula is C21H21N3O3S. The van der Waals surface area contributed by atoms with Crippen molar-refractivity contribution in [2.75, 3.05) is 16.4 Å². The first kappa shape index (κ1) is 18.5. The lowest BCUT2D eigenvalue weighted by molar-refractivity contribution is 0.206. The number of rotatable bonds is 3. The SMILES string of the molecule is Cc1cc(C)cc(N2C(=O)N(Cc3ccc(C#N)cc3)[C@H]3CS(=O)(=O)C[C@@H]32)c1. The quantitative estimate of drug-likeness (QED) is 0.749. The first-order valence-corrected chi connectivity index (χ1v) is 11.0. The van der Waals surface area contributed by atoms with Gasteiger partial charge in [0, 0.05) is 12.2 Å². The van der Waals surface area contributed by atoms with Gasteiger partial charge in [0.25, 0.3) is 0 Å². The Labute approximate surface area is 164 Å². The zero-order chi connectivity index (χ0) is 20.1. The molecule has 2 heterocycles. The average molecular weight is 395 g/mol. The standard InChI is InChI=1S/C21H21N3O3S/c1-14-7-15(2)9-18(8-14)24-20-13-28(26,27)12-19(20)23(21(24)25)11-17-5-3-16(10-22)4-6-17/h3-9,19-20H,11-13H2,1-2H3/t19-,20-/m0/s1. The molecule has 0 N–H and O–H groups in total. The van der Waals surface area contributed by atoms with Crippen LogP contribution in [0.25, 0.3) is 0 Å². The fraction of sp³-hybridized carbons (Fsp3) is 0.333. The van der Waals surface area contributed by atoms with E-state index >= 15 is 0 Å². The van der Waals surface area contributed by atoms with Crippen molar-refractivity contribution in [1.29, 1.82) is 5.26 Å². The van der Waals surface area contributed by atoms with Gasteiger partial charge in [0.1, 0.15) is 0 Å². The number of anilines is 1. The first-order chi connectivity index (χ1) is 13.3. The van der Waals surface area contributed by atoms with E-state index in [-0.39, 0.29) is 29.6 Å². The Morgan fingerprint density at radius 2 is 1.64 bits per heavy atom. The molecule has 7 heteroatoms. The maximum atomic E-state index is 13.3. The van der Waals surface area contributed by atoms with E-state index in [4.69, 9.17) is 5.26 Å². The molecule has 2 aromatic rings. The van der Waals surface area contributed by atoms with Crippen molar-refractivity contribution in [1.82, 2.24) is 4.90 Å². The molecule has 2 aliphatic heterocycles. The lowest BCUT2D eigenvalue weighted by Crippen LogP contribution is -2.37. The van der Waals surface area contributed by atoms with E-state index in [1.807, 2.05) is 44.2 Å². The second-order valence-electron chi connectivity index (χ2n) is 7.65. The number of hydrogen-bond donors (Lipinski definition) is 0. The van der Waals surface area contributed by atoms with E-state index < -0.39 is 9.84 Å². The molecule has 0 unspecified atom stereocenters. The summed E-state index contributed by atoms with van der Waals surface area (Å²) in [6.45, 7) is 4.26. The van der Waals surface area contributed by atoms with Crippen molar-refractivity contribution in [3.63, 3.8) is 0 Å². The maximum Gasteiger partial charge on any atom is 0.325 e. The van der Waals surface area contributed by atoms with Crippen LogP contribution in [0.2, 0.25) is 0 Å². The third kappa shape index (κ3) is 3.25. The van der Waals surface area contributed by atoms with Gasteiger partial charge in [-0.2, -0.15) is 5.26 Å². The summed E-state index contributed by atoms with van der Waals surface area (Å²) in [5.74, 6) is -0.0265. The molecule has 144 valence electrons. The van der Waals surface area contributed by atoms with Crippen LogP contribution in [0, 0.1) is 25.2 Å². The first-order valence-electron chi connectivity index (χ1n) is 9.15. The monoisotopic (exact) mass is 395 g/mol. The number of sulfone groups is 1. The van der Waals surface area contributed by atoms with Gasteiger partial charge >= 0.3 is 6.03 Å². The Kier molecular flexibility index (Phi) is 4.39. The number of nitrogens with zero attached hydrogens (tertiary/aromatic N) is 3. The Bertz CT molecular complexity index is 1070. The fourth-order valence-electron chi connectivity index (χ4n) is 4.23. The minimum atomic E-state index is -3.20. The van der Waals surface area contributed by atoms with Gasteiger partial charge in [-0.15, -0.1) is 0 Å². The molecule has 4 rings (SSSR count). The molecule has 0 bridgehead atoms. The molecule has 2 amide bonds. The van der Waals surface area contributed by atoms with Gasteiger partial charge in [0.2, 0.25) is 0 Å². The fourth-order valence-corrected chi connectivity index (χ4v) is 6.18. The van der Waals surface area contributed by atoms with E-state index in [9.17, 15) is 13.2 Å². The Hall–Kier alpha value is -2.85. The van der Waals surface area contributed by atoms with Crippen LogP contribution in [0.4, 0.5) is 10.5 Å². The highest BCUT2D eigenvalue weighted by Gasteiger charge is 2.53. The van der Waals surface area contributed by atoms with Crippen LogP contribution in [0.15, 0.2) is 42.5 Å². The summed E-state index contributed by atoms with van der Waals surface area (Å²) < 4.78 is 24.7. The van der Waals surface area contributed by atoms with Crippen LogP contribution in [-0.4, -0.2) is 42.9 Å². The molecule has 2 aliphatic rings. The van der Waals surface area contributed by atoms with E-state index in [0.717, 1.165) is 22.4 Å². The number of urea groups is 1. The van der Waals surface area contributed by atoms with Crippen molar-refractivity contribution in [3.8, 4) is 6.07 Å². The normalized spacial score (nSPS) is 23.0. The average Bonchev–Trinajstić information content (AvgIpc) is 3.05. The van der Waals surface area contributed by atoms with Crippen molar-refractivity contribution in [2.24, 2.45) is 0 Å². The Morgan fingerprint density at radius 1 is 1.04 bits per heavy atom. The third-order valence-corrected chi connectivity index (χ3v) is 7.10. The second kappa shape index (κ2) is 6.64. The highest BCUT2D eigenvalue weighted by molar-refractivity contribution is 7.91. The largest absolute Gasteiger partial charge is 0.325 e. The summed E-state index contributed by atoms with van der Waals surface area (Å²) in [7, 11) is -3.20. The molecule has 6 nitrogen and oxygen atoms in total. The maximum absolute atomic E-state index is 13.3. The Balaban J connectivity index is 1.71. The van der Waals surface area contributed by atoms with Crippen LogP contribution < -0.4 is 4.90 Å². The molecule has 0 aromatic heterocycles. The molecule has 28 heavy (non-hydrogen) atoms. The van der Waals surface area contributed by atoms with Gasteiger partial charge < -0.3 is 4.90 Å². The molecule has 2 fully saturated rings. The minimum absolute atomic E-state index is 0.0129. The van der Waals surface area contributed by atoms with E-state index in [1.54, 1.807) is 21.9 Å². The number of carbonyl (C=O) groups excluding carboxylic acids is 1. The molecule has 0 spiro atoms. The zero-order valence-electron chi connectivity index (χ0n) is 15.8. The highest BCUT2D eigenvalue weighted by Crippen LogP contribution is 2.36. The predicted octanol–water partition coefficient (Wildman–Crippen LogP) is 2.78. The van der Waals surface area contributed by atoms with Gasteiger partial charge in [-0.05, 0) is 54.8 Å². The predicted molar refractivity (Wildman–Crippen MR) is 107 cm³/mol. The van der Waals surface area contributed by atoms with Crippen LogP contribution >= 0.6 is 0 Å². The number of nitriles is 1. The minimum Gasteiger partial charge on any atom is -0.314 e. The van der Waals surface area contributed by atoms with Crippen LogP contribution in [0.5, 0.6) is 0 Å². The number of benzene rings is 2. The summed E-state index contributed by atoms with van der Waals surface area (Å²) in [6, 6.07) is 14.1. The number of hydrogen-bond acceptors (Lipinski definition) is 4. The topological polar surface area (TPSA) is 81.5 Å². The molecule has 2 aromatic carbocycles.